The van der Waals surface area contributed by atoms with Gasteiger partial charge in [-0.05, 0) is 24.1 Å². The highest BCUT2D eigenvalue weighted by Crippen LogP contribution is 2.18. The molecule has 0 radical (unpaired) electrons. The van der Waals surface area contributed by atoms with Gasteiger partial charge in [0.2, 0.25) is 0 Å². The van der Waals surface area contributed by atoms with Crippen molar-refractivity contribution >= 4 is 11.9 Å². The number of hydrogen-bond donors (Lipinski definition) is 1. The third-order valence-corrected chi connectivity index (χ3v) is 3.38. The molecular weight excluding hydrogens is 290 g/mol. The molecule has 0 aliphatic heterocycles. The van der Waals surface area contributed by atoms with Crippen LogP contribution in [0.15, 0.2) is 60.7 Å². The van der Waals surface area contributed by atoms with Crippen molar-refractivity contribution in [1.82, 2.24) is 5.32 Å². The Morgan fingerprint density at radius 2 is 1.61 bits per heavy atom. The summed E-state index contributed by atoms with van der Waals surface area (Å²) in [6.45, 7) is 2.34. The maximum atomic E-state index is 12.4. The van der Waals surface area contributed by atoms with Crippen LogP contribution in [0.3, 0.4) is 0 Å². The molecule has 0 spiro atoms. The number of ether oxygens (including phenoxy) is 1. The molecule has 0 saturated carbocycles. The average Bonchev–Trinajstić information content (AvgIpc) is 2.61. The van der Waals surface area contributed by atoms with E-state index in [4.69, 9.17) is 4.74 Å². The van der Waals surface area contributed by atoms with Crippen molar-refractivity contribution in [2.24, 2.45) is 0 Å². The van der Waals surface area contributed by atoms with Crippen LogP contribution in [-0.4, -0.2) is 18.5 Å². The van der Waals surface area contributed by atoms with Crippen molar-refractivity contribution < 1.29 is 14.3 Å². The van der Waals surface area contributed by atoms with Crippen LogP contribution < -0.4 is 5.32 Å². The number of benzene rings is 2. The number of carbonyl (C=O) groups excluding carboxylic acids is 2. The van der Waals surface area contributed by atoms with Gasteiger partial charge < -0.3 is 10.1 Å². The molecule has 1 amide bonds. The lowest BCUT2D eigenvalue weighted by molar-refractivity contribution is -0.144. The van der Waals surface area contributed by atoms with Crippen LogP contribution >= 0.6 is 0 Å². The molecule has 2 aromatic rings. The van der Waals surface area contributed by atoms with Gasteiger partial charge in [0.1, 0.15) is 0 Å². The highest BCUT2D eigenvalue weighted by molar-refractivity contribution is 5.94. The minimum absolute atomic E-state index is 0.114. The Morgan fingerprint density at radius 1 is 1.00 bits per heavy atom. The van der Waals surface area contributed by atoms with Gasteiger partial charge in [0.25, 0.3) is 5.91 Å². The monoisotopic (exact) mass is 311 g/mol. The van der Waals surface area contributed by atoms with Crippen LogP contribution in [0.1, 0.15) is 41.7 Å². The minimum atomic E-state index is -0.409. The first-order chi connectivity index (χ1) is 11.2. The van der Waals surface area contributed by atoms with Crippen LogP contribution in [0.25, 0.3) is 0 Å². The Morgan fingerprint density at radius 3 is 2.22 bits per heavy atom. The Balaban J connectivity index is 2.10. The molecule has 2 aromatic carbocycles. The van der Waals surface area contributed by atoms with Gasteiger partial charge in [-0.1, -0.05) is 55.5 Å². The van der Waals surface area contributed by atoms with E-state index >= 15 is 0 Å². The smallest absolute Gasteiger partial charge is 0.308 e. The van der Waals surface area contributed by atoms with Gasteiger partial charge in [-0.25, -0.2) is 0 Å². The van der Waals surface area contributed by atoms with Gasteiger partial charge in [-0.2, -0.15) is 0 Å². The fourth-order valence-corrected chi connectivity index (χ4v) is 2.21. The summed E-state index contributed by atoms with van der Waals surface area (Å²) in [5.74, 6) is -0.517. The predicted molar refractivity (Wildman–Crippen MR) is 89.0 cm³/mol. The number of amides is 1. The average molecular weight is 311 g/mol. The van der Waals surface area contributed by atoms with E-state index in [1.54, 1.807) is 12.1 Å². The van der Waals surface area contributed by atoms with E-state index < -0.39 is 6.04 Å². The van der Waals surface area contributed by atoms with Gasteiger partial charge in [0, 0.05) is 5.56 Å². The van der Waals surface area contributed by atoms with E-state index in [1.807, 2.05) is 55.5 Å². The second-order valence-corrected chi connectivity index (χ2v) is 5.23. The molecule has 0 aliphatic carbocycles. The van der Waals surface area contributed by atoms with Crippen LogP contribution in [-0.2, 0) is 9.53 Å². The Bertz CT molecular complexity index is 626. The van der Waals surface area contributed by atoms with E-state index in [0.717, 1.165) is 12.0 Å². The van der Waals surface area contributed by atoms with E-state index in [2.05, 4.69) is 5.32 Å². The van der Waals surface area contributed by atoms with Crippen LogP contribution in [0.5, 0.6) is 0 Å². The topological polar surface area (TPSA) is 55.4 Å². The van der Waals surface area contributed by atoms with Crippen molar-refractivity contribution in [3.63, 3.8) is 0 Å². The summed E-state index contributed by atoms with van der Waals surface area (Å²) in [5.41, 5.74) is 1.44. The molecule has 1 atom stereocenters. The molecule has 0 aliphatic rings. The Kier molecular flexibility index (Phi) is 6.36. The summed E-state index contributed by atoms with van der Waals surface area (Å²) < 4.78 is 5.14. The summed E-state index contributed by atoms with van der Waals surface area (Å²) >= 11 is 0. The van der Waals surface area contributed by atoms with Crippen LogP contribution in [0, 0.1) is 0 Å². The van der Waals surface area contributed by atoms with Crippen molar-refractivity contribution in [3.05, 3.63) is 71.8 Å². The first kappa shape index (κ1) is 16.7. The summed E-state index contributed by atoms with van der Waals surface area (Å²) in [6.07, 6.45) is 0.890. The van der Waals surface area contributed by atoms with Crippen molar-refractivity contribution in [1.29, 1.82) is 0 Å². The molecule has 0 bridgehead atoms. The molecule has 0 saturated heterocycles. The molecule has 2 rings (SSSR count). The molecule has 120 valence electrons. The van der Waals surface area contributed by atoms with Crippen LogP contribution in [0.4, 0.5) is 0 Å². The summed E-state index contributed by atoms with van der Waals surface area (Å²) in [6, 6.07) is 18.0. The zero-order valence-electron chi connectivity index (χ0n) is 13.2. The molecular formula is C19H21NO3. The fourth-order valence-electron chi connectivity index (χ4n) is 2.21. The highest BCUT2D eigenvalue weighted by atomic mass is 16.5. The quantitative estimate of drug-likeness (QED) is 0.796. The zero-order valence-corrected chi connectivity index (χ0v) is 13.2. The largest absolute Gasteiger partial charge is 0.466 e. The molecule has 0 aromatic heterocycles. The molecule has 1 unspecified atom stereocenters. The van der Waals surface area contributed by atoms with Gasteiger partial charge in [0.15, 0.2) is 0 Å². The van der Waals surface area contributed by atoms with Crippen molar-refractivity contribution in [2.75, 3.05) is 6.61 Å². The molecule has 4 nitrogen and oxygen atoms in total. The number of carbonyl (C=O) groups is 2. The second-order valence-electron chi connectivity index (χ2n) is 5.23. The van der Waals surface area contributed by atoms with E-state index in [-0.39, 0.29) is 18.3 Å². The van der Waals surface area contributed by atoms with Crippen LogP contribution in [0.2, 0.25) is 0 Å². The molecule has 23 heavy (non-hydrogen) atoms. The summed E-state index contributed by atoms with van der Waals surface area (Å²) in [7, 11) is 0. The number of hydrogen-bond acceptors (Lipinski definition) is 3. The van der Waals surface area contributed by atoms with Gasteiger partial charge in [-0.15, -0.1) is 0 Å². The molecule has 4 heteroatoms. The lowest BCUT2D eigenvalue weighted by Gasteiger charge is -2.18. The van der Waals surface area contributed by atoms with Crippen molar-refractivity contribution in [3.8, 4) is 0 Å². The standard InChI is InChI=1S/C19H21NO3/c1-2-13-23-18(21)14-17(15-9-5-3-6-10-15)20-19(22)16-11-7-4-8-12-16/h3-12,17H,2,13-14H2,1H3,(H,20,22). The fraction of sp³-hybridized carbons (Fsp3) is 0.263. The molecule has 0 heterocycles. The first-order valence-electron chi connectivity index (χ1n) is 7.77. The Hall–Kier alpha value is -2.62. The normalized spacial score (nSPS) is 11.5. The maximum Gasteiger partial charge on any atom is 0.308 e. The van der Waals surface area contributed by atoms with Gasteiger partial charge in [0.05, 0.1) is 19.1 Å². The number of nitrogens with one attached hydrogen (secondary N) is 1. The van der Waals surface area contributed by atoms with E-state index in [1.165, 1.54) is 0 Å². The zero-order chi connectivity index (χ0) is 16.5. The number of rotatable bonds is 7. The van der Waals surface area contributed by atoms with E-state index in [0.29, 0.717) is 12.2 Å². The third kappa shape index (κ3) is 5.25. The molecule has 1 N–H and O–H groups in total. The second kappa shape index (κ2) is 8.73. The summed E-state index contributed by atoms with van der Waals surface area (Å²) in [5, 5.41) is 2.92. The number of esters is 1. The lowest BCUT2D eigenvalue weighted by Crippen LogP contribution is -2.30. The SMILES string of the molecule is CCCOC(=O)CC(NC(=O)c1ccccc1)c1ccccc1. The maximum absolute atomic E-state index is 12.4. The van der Waals surface area contributed by atoms with Gasteiger partial charge in [-0.3, -0.25) is 9.59 Å². The first-order valence-corrected chi connectivity index (χ1v) is 7.77. The van der Waals surface area contributed by atoms with E-state index in [9.17, 15) is 9.59 Å². The minimum Gasteiger partial charge on any atom is -0.466 e. The van der Waals surface area contributed by atoms with Gasteiger partial charge >= 0.3 is 5.97 Å². The highest BCUT2D eigenvalue weighted by Gasteiger charge is 2.19. The predicted octanol–water partition coefficient (Wildman–Crippen LogP) is 3.50. The van der Waals surface area contributed by atoms with Crippen molar-refractivity contribution in [2.45, 2.75) is 25.8 Å². The summed E-state index contributed by atoms with van der Waals surface area (Å²) in [4.78, 5) is 24.3. The lowest BCUT2D eigenvalue weighted by atomic mass is 10.0. The molecule has 0 fully saturated rings. The Labute approximate surface area is 136 Å². The third-order valence-electron chi connectivity index (χ3n) is 3.38.